The van der Waals surface area contributed by atoms with Crippen molar-refractivity contribution >= 4 is 72.4 Å². The van der Waals surface area contributed by atoms with Crippen LogP contribution in [-0.2, 0) is 0 Å². The summed E-state index contributed by atoms with van der Waals surface area (Å²) in [5.41, 5.74) is 10.0. The highest BCUT2D eigenvalue weighted by atomic mass is 79.9. The number of halogens is 1. The lowest BCUT2D eigenvalue weighted by Crippen LogP contribution is -2.29. The molecule has 288 valence electrons. The monoisotopic (exact) mass is 846 g/mol. The summed E-state index contributed by atoms with van der Waals surface area (Å²) < 4.78 is 12.1. The van der Waals surface area contributed by atoms with Crippen LogP contribution in [0.1, 0.15) is 11.1 Å². The number of hydrogen-bond acceptors (Lipinski definition) is 8. The van der Waals surface area contributed by atoms with Crippen LogP contribution in [0.4, 0.5) is 0 Å². The summed E-state index contributed by atoms with van der Waals surface area (Å²) in [6, 6.07) is 57.1. The van der Waals surface area contributed by atoms with Gasteiger partial charge in [-0.05, 0) is 110 Å². The molecule has 0 saturated heterocycles. The van der Waals surface area contributed by atoms with E-state index >= 15 is 0 Å². The van der Waals surface area contributed by atoms with Crippen molar-refractivity contribution < 1.29 is 29.1 Å². The van der Waals surface area contributed by atoms with E-state index in [-0.39, 0.29) is 11.5 Å². The van der Waals surface area contributed by atoms with Gasteiger partial charge in [-0.1, -0.05) is 109 Å². The summed E-state index contributed by atoms with van der Waals surface area (Å²) in [5, 5.41) is 60.1. The molecule has 8 nitrogen and oxygen atoms in total. The summed E-state index contributed by atoms with van der Waals surface area (Å²) in [7, 11) is -1.44. The Hall–Kier alpha value is -7.60. The van der Waals surface area contributed by atoms with E-state index in [4.69, 9.17) is 29.4 Å². The van der Waals surface area contributed by atoms with Crippen molar-refractivity contribution in [1.82, 2.24) is 0 Å². The molecular formula is C50H32BBrN2O6. The molecule has 2 aromatic heterocycles. The van der Waals surface area contributed by atoms with Crippen LogP contribution in [-0.4, -0.2) is 27.4 Å². The zero-order chi connectivity index (χ0) is 41.8. The lowest BCUT2D eigenvalue weighted by atomic mass is 9.80. The first-order chi connectivity index (χ1) is 29.2. The Balaban J connectivity index is 0.000000134. The van der Waals surface area contributed by atoms with Crippen molar-refractivity contribution in [2.75, 3.05) is 0 Å². The van der Waals surface area contributed by atoms with Gasteiger partial charge in [0.25, 0.3) is 0 Å². The van der Waals surface area contributed by atoms with E-state index in [1.54, 1.807) is 24.3 Å². The molecule has 0 unspecified atom stereocenters. The van der Waals surface area contributed by atoms with Gasteiger partial charge in [-0.15, -0.1) is 0 Å². The molecule has 0 saturated carbocycles. The van der Waals surface area contributed by atoms with Crippen LogP contribution in [0.15, 0.2) is 183 Å². The first-order valence-corrected chi connectivity index (χ1v) is 19.5. The van der Waals surface area contributed by atoms with Crippen LogP contribution < -0.4 is 5.46 Å². The number of fused-ring (bicyclic) bond motifs is 6. The number of benzene rings is 8. The quantitative estimate of drug-likeness (QED) is 0.128. The number of phenols is 2. The second-order valence-corrected chi connectivity index (χ2v) is 14.6. The molecule has 4 N–H and O–H groups in total. The maximum Gasteiger partial charge on any atom is 0.488 e. The summed E-state index contributed by atoms with van der Waals surface area (Å²) in [4.78, 5) is 0. The predicted octanol–water partition coefficient (Wildman–Crippen LogP) is 11.5. The van der Waals surface area contributed by atoms with Crippen LogP contribution in [0.3, 0.4) is 0 Å². The molecule has 0 aliphatic rings. The highest BCUT2D eigenvalue weighted by Crippen LogP contribution is 2.41. The summed E-state index contributed by atoms with van der Waals surface area (Å²) in [6.07, 6.45) is 0. The van der Waals surface area contributed by atoms with Gasteiger partial charge in [-0.25, -0.2) is 0 Å². The average molecular weight is 848 g/mol. The van der Waals surface area contributed by atoms with E-state index in [9.17, 15) is 10.2 Å². The van der Waals surface area contributed by atoms with Gasteiger partial charge in [-0.3, -0.25) is 0 Å². The summed E-state index contributed by atoms with van der Waals surface area (Å²) in [6.45, 7) is 0. The standard InChI is InChI=1S/C25H15NO2.C13H10BNO2.C12H7BrO2/c26-15-16-5-7-17(8-6-16)18-9-11-19(12-10-18)20-13-14-22-21-3-1-2-4-23(21)28-25(22)24(20)27;15-9-10-1-3-11(4-2-10)12-5-7-13(8-6-12)14(16)17;13-9-6-5-8-7-3-1-2-4-10(7)15-12(8)11(9)14/h1-14,27H;1-8,16-17H;1-6,14H. The van der Waals surface area contributed by atoms with Crippen molar-refractivity contribution in [3.05, 3.63) is 185 Å². The molecule has 0 spiro atoms. The molecule has 0 aliphatic heterocycles. The van der Waals surface area contributed by atoms with Crippen molar-refractivity contribution in [2.24, 2.45) is 0 Å². The van der Waals surface area contributed by atoms with E-state index in [1.165, 1.54) is 0 Å². The number of furan rings is 2. The van der Waals surface area contributed by atoms with Gasteiger partial charge >= 0.3 is 7.12 Å². The van der Waals surface area contributed by atoms with Crippen molar-refractivity contribution in [2.45, 2.75) is 0 Å². The fourth-order valence-corrected chi connectivity index (χ4v) is 7.23. The van der Waals surface area contributed by atoms with Gasteiger partial charge < -0.3 is 29.1 Å². The van der Waals surface area contributed by atoms with Crippen LogP contribution in [0, 0.1) is 22.7 Å². The molecule has 0 amide bonds. The van der Waals surface area contributed by atoms with Gasteiger partial charge in [0, 0.05) is 27.1 Å². The molecule has 0 aliphatic carbocycles. The Morgan fingerprint density at radius 3 is 1.30 bits per heavy atom. The third-order valence-corrected chi connectivity index (χ3v) is 10.7. The third-order valence-electron chi connectivity index (χ3n) is 10.1. The Morgan fingerprint density at radius 1 is 0.433 bits per heavy atom. The smallest absolute Gasteiger partial charge is 0.488 e. The van der Waals surface area contributed by atoms with E-state index in [2.05, 4.69) is 28.1 Å². The lowest BCUT2D eigenvalue weighted by Gasteiger charge is -2.07. The van der Waals surface area contributed by atoms with Gasteiger partial charge in [0.1, 0.15) is 11.2 Å². The zero-order valence-electron chi connectivity index (χ0n) is 31.6. The van der Waals surface area contributed by atoms with Crippen LogP contribution in [0.5, 0.6) is 11.5 Å². The Bertz CT molecular complexity index is 3220. The average Bonchev–Trinajstić information content (AvgIpc) is 3.88. The molecule has 0 bridgehead atoms. The number of nitrogens with zero attached hydrogens (tertiary/aromatic N) is 2. The van der Waals surface area contributed by atoms with Crippen LogP contribution in [0.2, 0.25) is 0 Å². The minimum Gasteiger partial charge on any atom is -0.504 e. The first-order valence-electron chi connectivity index (χ1n) is 18.7. The molecule has 10 aromatic rings. The SMILES string of the molecule is N#Cc1ccc(-c2ccc(-c3ccc4c(oc5ccccc54)c3O)cc2)cc1.N#Cc1ccc(-c2ccc(B(O)O)cc2)cc1.Oc1c(Br)ccc2c1oc1ccccc12. The number of rotatable bonds is 4. The topological polar surface area (TPSA) is 155 Å². The molecule has 8 aromatic carbocycles. The minimum absolute atomic E-state index is 0.153. The number of para-hydroxylation sites is 2. The molecule has 60 heavy (non-hydrogen) atoms. The highest BCUT2D eigenvalue weighted by molar-refractivity contribution is 9.10. The number of nitriles is 2. The van der Waals surface area contributed by atoms with Crippen LogP contribution >= 0.6 is 15.9 Å². The normalized spacial score (nSPS) is 10.7. The fourth-order valence-electron chi connectivity index (χ4n) is 6.92. The fraction of sp³-hybridized carbons (Fsp3) is 0. The number of aromatic hydroxyl groups is 2. The second kappa shape index (κ2) is 17.1. The predicted molar refractivity (Wildman–Crippen MR) is 240 cm³/mol. The largest absolute Gasteiger partial charge is 0.504 e. The number of hydrogen-bond donors (Lipinski definition) is 4. The van der Waals surface area contributed by atoms with Gasteiger partial charge in [0.05, 0.1) is 27.7 Å². The van der Waals surface area contributed by atoms with Crippen molar-refractivity contribution in [3.8, 4) is 57.0 Å². The Morgan fingerprint density at radius 2 is 0.833 bits per heavy atom. The highest BCUT2D eigenvalue weighted by Gasteiger charge is 2.16. The lowest BCUT2D eigenvalue weighted by molar-refractivity contribution is 0.426. The van der Waals surface area contributed by atoms with E-state index in [0.29, 0.717) is 32.2 Å². The Labute approximate surface area is 352 Å². The van der Waals surface area contributed by atoms with E-state index in [1.807, 2.05) is 146 Å². The van der Waals surface area contributed by atoms with E-state index < -0.39 is 7.12 Å². The molecule has 2 heterocycles. The maximum atomic E-state index is 10.8. The van der Waals surface area contributed by atoms with Gasteiger partial charge in [0.15, 0.2) is 22.7 Å². The maximum absolute atomic E-state index is 10.8. The minimum atomic E-state index is -1.44. The van der Waals surface area contributed by atoms with E-state index in [0.717, 1.165) is 66.1 Å². The molecular weight excluding hydrogens is 815 g/mol. The second-order valence-electron chi connectivity index (χ2n) is 13.8. The molecule has 0 fully saturated rings. The Kier molecular flexibility index (Phi) is 11.2. The third kappa shape index (κ3) is 7.95. The summed E-state index contributed by atoms with van der Waals surface area (Å²) >= 11 is 3.26. The number of phenolic OH excluding ortho intramolecular Hbond substituents is 2. The zero-order valence-corrected chi connectivity index (χ0v) is 33.2. The molecule has 0 radical (unpaired) electrons. The van der Waals surface area contributed by atoms with Crippen molar-refractivity contribution in [3.63, 3.8) is 0 Å². The van der Waals surface area contributed by atoms with Gasteiger partial charge in [-0.2, -0.15) is 10.5 Å². The molecule has 0 atom stereocenters. The first kappa shape index (κ1) is 39.2. The summed E-state index contributed by atoms with van der Waals surface area (Å²) in [5.74, 6) is 0.309. The van der Waals surface area contributed by atoms with Crippen LogP contribution in [0.25, 0.3) is 77.3 Å². The molecule has 10 heteroatoms. The molecule has 10 rings (SSSR count). The van der Waals surface area contributed by atoms with Crippen molar-refractivity contribution in [1.29, 1.82) is 10.5 Å². The van der Waals surface area contributed by atoms with Gasteiger partial charge in [0.2, 0.25) is 0 Å².